The number of hydrogen-bond donors (Lipinski definition) is 1. The van der Waals surface area contributed by atoms with Crippen LogP contribution in [0.2, 0.25) is 10.0 Å². The summed E-state index contributed by atoms with van der Waals surface area (Å²) < 4.78 is 13.4. The maximum atomic E-state index is 13.7. The van der Waals surface area contributed by atoms with Crippen LogP contribution in [0.5, 0.6) is 0 Å². The third-order valence-electron chi connectivity index (χ3n) is 5.39. The predicted octanol–water partition coefficient (Wildman–Crippen LogP) is 6.23. The van der Waals surface area contributed by atoms with Gasteiger partial charge in [-0.2, -0.15) is 0 Å². The van der Waals surface area contributed by atoms with E-state index in [0.29, 0.717) is 27.6 Å². The first-order chi connectivity index (χ1) is 16.5. The average molecular weight is 515 g/mol. The van der Waals surface area contributed by atoms with E-state index in [1.54, 1.807) is 35.2 Å². The lowest BCUT2D eigenvalue weighted by Gasteiger charge is -2.34. The summed E-state index contributed by atoms with van der Waals surface area (Å²) in [7, 11) is 0. The molecular weight excluding hydrogens is 486 g/mol. The molecule has 0 heterocycles. The molecule has 35 heavy (non-hydrogen) atoms. The monoisotopic (exact) mass is 514 g/mol. The Bertz CT molecular complexity index is 1160. The van der Waals surface area contributed by atoms with Crippen LogP contribution < -0.4 is 5.32 Å². The van der Waals surface area contributed by atoms with Crippen LogP contribution in [0.1, 0.15) is 37.5 Å². The van der Waals surface area contributed by atoms with Gasteiger partial charge in [0, 0.05) is 28.5 Å². The van der Waals surface area contributed by atoms with Gasteiger partial charge in [-0.15, -0.1) is 0 Å². The minimum atomic E-state index is -0.795. The van der Waals surface area contributed by atoms with Gasteiger partial charge in [0.15, 0.2) is 0 Å². The summed E-state index contributed by atoms with van der Waals surface area (Å²) in [6.07, 6.45) is 0.336. The number of carbonyl (C=O) groups excluding carboxylic acids is 2. The van der Waals surface area contributed by atoms with Crippen molar-refractivity contribution in [1.29, 1.82) is 0 Å². The van der Waals surface area contributed by atoms with Crippen molar-refractivity contribution >= 4 is 35.0 Å². The molecule has 0 aromatic heterocycles. The Labute approximate surface area is 216 Å². The van der Waals surface area contributed by atoms with Crippen LogP contribution in [0, 0.1) is 5.82 Å². The van der Waals surface area contributed by atoms with E-state index in [1.807, 2.05) is 51.1 Å². The molecule has 0 saturated carbocycles. The normalized spacial score (nSPS) is 12.2. The first-order valence-electron chi connectivity index (χ1n) is 11.4. The van der Waals surface area contributed by atoms with Crippen molar-refractivity contribution in [2.24, 2.45) is 0 Å². The fourth-order valence-electron chi connectivity index (χ4n) is 3.72. The highest BCUT2D eigenvalue weighted by Gasteiger charge is 2.32. The number of carbonyl (C=O) groups is 2. The van der Waals surface area contributed by atoms with Gasteiger partial charge in [-0.25, -0.2) is 4.39 Å². The quantitative estimate of drug-likeness (QED) is 0.387. The van der Waals surface area contributed by atoms with Crippen LogP contribution in [0.3, 0.4) is 0 Å². The lowest BCUT2D eigenvalue weighted by Crippen LogP contribution is -2.54. The molecule has 0 unspecified atom stereocenters. The Morgan fingerprint density at radius 3 is 2.20 bits per heavy atom. The number of halogens is 3. The van der Waals surface area contributed by atoms with E-state index in [0.717, 1.165) is 5.56 Å². The first-order valence-corrected chi connectivity index (χ1v) is 12.1. The number of nitrogens with zero attached hydrogens (tertiary/aromatic N) is 1. The van der Waals surface area contributed by atoms with Crippen LogP contribution >= 0.6 is 23.2 Å². The molecule has 3 aromatic carbocycles. The van der Waals surface area contributed by atoms with Gasteiger partial charge in [-0.1, -0.05) is 71.7 Å². The molecule has 3 rings (SSSR count). The summed E-state index contributed by atoms with van der Waals surface area (Å²) in [6.45, 7) is 5.80. The second-order valence-electron chi connectivity index (χ2n) is 9.51. The smallest absolute Gasteiger partial charge is 0.243 e. The maximum absolute atomic E-state index is 13.7. The van der Waals surface area contributed by atoms with Crippen molar-refractivity contribution in [3.63, 3.8) is 0 Å². The SMILES string of the molecule is CC(C)(C)NC(=O)[C@@H](Cc1ccccc1)N(Cc1ccc(Cl)cc1Cl)C(=O)Cc1ccc(F)cc1. The second-order valence-corrected chi connectivity index (χ2v) is 10.3. The standard InChI is InChI=1S/C28H29Cl2FN2O2/c1-28(2,3)32-27(35)25(15-19-7-5-4-6-8-19)33(18-21-11-12-22(29)17-24(21)30)26(34)16-20-9-13-23(31)14-10-20/h4-14,17,25H,15-16,18H2,1-3H3,(H,32,35)/t25-/m1/s1. The van der Waals surface area contributed by atoms with Crippen LogP contribution in [0.4, 0.5) is 4.39 Å². The minimum absolute atomic E-state index is 0.0135. The predicted molar refractivity (Wildman–Crippen MR) is 139 cm³/mol. The molecular formula is C28H29Cl2FN2O2. The zero-order chi connectivity index (χ0) is 25.6. The van der Waals surface area contributed by atoms with E-state index in [1.165, 1.54) is 12.1 Å². The molecule has 1 atom stereocenters. The Morgan fingerprint density at radius 2 is 1.60 bits per heavy atom. The molecule has 184 valence electrons. The van der Waals surface area contributed by atoms with Crippen molar-refractivity contribution in [2.75, 3.05) is 0 Å². The fraction of sp³-hybridized carbons (Fsp3) is 0.286. The van der Waals surface area contributed by atoms with Crippen molar-refractivity contribution < 1.29 is 14.0 Å². The van der Waals surface area contributed by atoms with E-state index in [9.17, 15) is 14.0 Å². The molecule has 0 aliphatic heterocycles. The summed E-state index contributed by atoms with van der Waals surface area (Å²) in [5.41, 5.74) is 1.75. The minimum Gasteiger partial charge on any atom is -0.350 e. The van der Waals surface area contributed by atoms with E-state index >= 15 is 0 Å². The Balaban J connectivity index is 2.01. The molecule has 4 nitrogen and oxygen atoms in total. The molecule has 7 heteroatoms. The van der Waals surface area contributed by atoms with Crippen molar-refractivity contribution in [3.05, 3.63) is 105 Å². The maximum Gasteiger partial charge on any atom is 0.243 e. The zero-order valence-electron chi connectivity index (χ0n) is 20.0. The molecule has 0 aliphatic rings. The summed E-state index contributed by atoms with van der Waals surface area (Å²) >= 11 is 12.5. The van der Waals surface area contributed by atoms with Crippen LogP contribution in [-0.2, 0) is 29.0 Å². The van der Waals surface area contributed by atoms with E-state index < -0.39 is 11.6 Å². The third kappa shape index (κ3) is 8.08. The van der Waals surface area contributed by atoms with Crippen molar-refractivity contribution in [3.8, 4) is 0 Å². The van der Waals surface area contributed by atoms with Crippen LogP contribution in [-0.4, -0.2) is 28.3 Å². The lowest BCUT2D eigenvalue weighted by atomic mass is 10.00. The number of hydrogen-bond acceptors (Lipinski definition) is 2. The van der Waals surface area contributed by atoms with E-state index in [-0.39, 0.29) is 30.6 Å². The fourth-order valence-corrected chi connectivity index (χ4v) is 4.19. The number of amides is 2. The van der Waals surface area contributed by atoms with Crippen molar-refractivity contribution in [2.45, 2.75) is 51.7 Å². The van der Waals surface area contributed by atoms with Crippen molar-refractivity contribution in [1.82, 2.24) is 10.2 Å². The Kier molecular flexibility index (Phi) is 8.92. The van der Waals surface area contributed by atoms with Gasteiger partial charge < -0.3 is 10.2 Å². The topological polar surface area (TPSA) is 49.4 Å². The molecule has 0 spiro atoms. The molecule has 0 aliphatic carbocycles. The summed E-state index contributed by atoms with van der Waals surface area (Å²) in [6, 6.07) is 19.6. The largest absolute Gasteiger partial charge is 0.350 e. The van der Waals surface area contributed by atoms with Crippen LogP contribution in [0.25, 0.3) is 0 Å². The first kappa shape index (κ1) is 26.7. The number of benzene rings is 3. The van der Waals surface area contributed by atoms with Gasteiger partial charge in [-0.3, -0.25) is 9.59 Å². The van der Waals surface area contributed by atoms with Gasteiger partial charge in [0.1, 0.15) is 11.9 Å². The lowest BCUT2D eigenvalue weighted by molar-refractivity contribution is -0.141. The number of rotatable bonds is 8. The van der Waals surface area contributed by atoms with Gasteiger partial charge >= 0.3 is 0 Å². The van der Waals surface area contributed by atoms with Gasteiger partial charge in [0.05, 0.1) is 6.42 Å². The molecule has 1 N–H and O–H groups in total. The van der Waals surface area contributed by atoms with E-state index in [2.05, 4.69) is 5.32 Å². The summed E-state index contributed by atoms with van der Waals surface area (Å²) in [5.74, 6) is -0.913. The zero-order valence-corrected chi connectivity index (χ0v) is 21.5. The molecule has 0 radical (unpaired) electrons. The van der Waals surface area contributed by atoms with Gasteiger partial charge in [0.25, 0.3) is 0 Å². The highest BCUT2D eigenvalue weighted by Crippen LogP contribution is 2.25. The Hall–Kier alpha value is -2.89. The Morgan fingerprint density at radius 1 is 0.943 bits per heavy atom. The van der Waals surface area contributed by atoms with Gasteiger partial charge in [-0.05, 0) is 61.7 Å². The van der Waals surface area contributed by atoms with Crippen LogP contribution in [0.15, 0.2) is 72.8 Å². The highest BCUT2D eigenvalue weighted by molar-refractivity contribution is 6.35. The third-order valence-corrected chi connectivity index (χ3v) is 5.98. The van der Waals surface area contributed by atoms with Gasteiger partial charge in [0.2, 0.25) is 11.8 Å². The number of nitrogens with one attached hydrogen (secondary N) is 1. The highest BCUT2D eigenvalue weighted by atomic mass is 35.5. The molecule has 0 bridgehead atoms. The summed E-state index contributed by atoms with van der Waals surface area (Å²) in [4.78, 5) is 28.7. The molecule has 2 amide bonds. The average Bonchev–Trinajstić information content (AvgIpc) is 2.78. The molecule has 3 aromatic rings. The second kappa shape index (κ2) is 11.7. The van der Waals surface area contributed by atoms with E-state index in [4.69, 9.17) is 23.2 Å². The molecule has 0 saturated heterocycles. The molecule has 0 fully saturated rings. The summed E-state index contributed by atoms with van der Waals surface area (Å²) in [5, 5.41) is 3.91.